The average molecular weight is 211 g/mol. The number of benzene rings is 1. The van der Waals surface area contributed by atoms with Gasteiger partial charge in [0.25, 0.3) is 0 Å². The molecule has 0 aliphatic carbocycles. The predicted molar refractivity (Wildman–Crippen MR) is 63.2 cm³/mol. The first-order chi connectivity index (χ1) is 7.69. The molecule has 1 heterocycles. The highest BCUT2D eigenvalue weighted by Crippen LogP contribution is 2.10. The van der Waals surface area contributed by atoms with Crippen molar-refractivity contribution in [3.8, 4) is 0 Å². The molecule has 4 nitrogen and oxygen atoms in total. The summed E-state index contributed by atoms with van der Waals surface area (Å²) in [5.41, 5.74) is 4.26. The summed E-state index contributed by atoms with van der Waals surface area (Å²) >= 11 is 0. The van der Waals surface area contributed by atoms with E-state index in [1.54, 1.807) is 12.1 Å². The van der Waals surface area contributed by atoms with Crippen LogP contribution in [0.15, 0.2) is 30.3 Å². The molecule has 0 spiro atoms. The average Bonchev–Trinajstić information content (AvgIpc) is 2.29. The monoisotopic (exact) mass is 211 g/mol. The van der Waals surface area contributed by atoms with Gasteiger partial charge in [0.2, 0.25) is 5.91 Å². The van der Waals surface area contributed by atoms with Crippen molar-refractivity contribution in [1.29, 1.82) is 0 Å². The fourth-order valence-corrected chi connectivity index (χ4v) is 1.50. The number of rotatable bonds is 2. The number of hydrogen-bond donors (Lipinski definition) is 2. The van der Waals surface area contributed by atoms with E-state index in [4.69, 9.17) is 13.7 Å². The minimum Gasteiger partial charge on any atom is -0.294 e. The predicted octanol–water partition coefficient (Wildman–Crippen LogP) is -0.439. The third-order valence-corrected chi connectivity index (χ3v) is 2.27. The van der Waals surface area contributed by atoms with E-state index in [1.165, 1.54) is 0 Å². The zero-order valence-corrected chi connectivity index (χ0v) is 8.60. The summed E-state index contributed by atoms with van der Waals surface area (Å²) < 4.78 is 0. The van der Waals surface area contributed by atoms with Crippen molar-refractivity contribution in [1.82, 2.24) is 10.4 Å². The highest BCUT2D eigenvalue weighted by Gasteiger charge is 2.03. The van der Waals surface area contributed by atoms with Crippen LogP contribution < -0.4 is 16.7 Å². The van der Waals surface area contributed by atoms with Crippen molar-refractivity contribution < 1.29 is 4.79 Å². The van der Waals surface area contributed by atoms with E-state index in [1.807, 2.05) is 18.2 Å². The van der Waals surface area contributed by atoms with Crippen LogP contribution in [0.3, 0.4) is 0 Å². The third kappa shape index (κ3) is 2.20. The Morgan fingerprint density at radius 1 is 1.38 bits per heavy atom. The van der Waals surface area contributed by atoms with E-state index in [0.29, 0.717) is 11.2 Å². The van der Waals surface area contributed by atoms with Crippen molar-refractivity contribution >= 4 is 30.1 Å². The zero-order valence-electron chi connectivity index (χ0n) is 8.60. The van der Waals surface area contributed by atoms with Crippen LogP contribution in [0.25, 0.3) is 10.9 Å². The summed E-state index contributed by atoms with van der Waals surface area (Å²) in [6, 6.07) is 9.13. The molecule has 2 aromatic rings. The topological polar surface area (TPSA) is 68.0 Å². The van der Waals surface area contributed by atoms with Crippen molar-refractivity contribution in [2.24, 2.45) is 5.84 Å². The molecule has 78 valence electrons. The van der Waals surface area contributed by atoms with Gasteiger partial charge in [0.05, 0.1) is 17.6 Å². The van der Waals surface area contributed by atoms with Crippen LogP contribution >= 0.6 is 0 Å². The molecule has 0 aliphatic heterocycles. The first-order valence-corrected chi connectivity index (χ1v) is 4.83. The van der Waals surface area contributed by atoms with Crippen LogP contribution in [0.1, 0.15) is 5.69 Å². The molecule has 0 fully saturated rings. The second-order valence-corrected chi connectivity index (χ2v) is 3.50. The number of aromatic nitrogens is 1. The number of hydrogen-bond acceptors (Lipinski definition) is 3. The first-order valence-electron chi connectivity index (χ1n) is 4.83. The summed E-state index contributed by atoms with van der Waals surface area (Å²) in [5.74, 6) is 4.75. The summed E-state index contributed by atoms with van der Waals surface area (Å²) in [4.78, 5) is 15.4. The van der Waals surface area contributed by atoms with Crippen molar-refractivity contribution in [3.63, 3.8) is 0 Å². The molecule has 1 aromatic heterocycles. The summed E-state index contributed by atoms with van der Waals surface area (Å²) in [6.45, 7) is 0. The van der Waals surface area contributed by atoms with Crippen LogP contribution in [0, 0.1) is 0 Å². The number of carbonyl (C=O) groups excluding carboxylic acids is 1. The Morgan fingerprint density at radius 3 is 2.94 bits per heavy atom. The zero-order chi connectivity index (χ0) is 11.5. The Morgan fingerprint density at radius 2 is 2.19 bits per heavy atom. The smallest absolute Gasteiger partial charge is 0.239 e. The van der Waals surface area contributed by atoms with Crippen molar-refractivity contribution in [3.05, 3.63) is 36.0 Å². The van der Waals surface area contributed by atoms with E-state index in [0.717, 1.165) is 10.9 Å². The Balaban J connectivity index is 2.37. The maximum absolute atomic E-state index is 11.1. The lowest BCUT2D eigenvalue weighted by atomic mass is 9.95. The van der Waals surface area contributed by atoms with Crippen LogP contribution in [0.5, 0.6) is 0 Å². The van der Waals surface area contributed by atoms with Crippen LogP contribution in [-0.2, 0) is 11.2 Å². The Hall–Kier alpha value is -1.88. The minimum atomic E-state index is -0.262. The normalized spacial score (nSPS) is 10.3. The van der Waals surface area contributed by atoms with Crippen LogP contribution in [0.2, 0.25) is 0 Å². The van der Waals surface area contributed by atoms with Crippen LogP contribution in [0.4, 0.5) is 0 Å². The standard InChI is InChI=1S/C11H10BN3O/c12-8-2-4-10-7(5-8)1-3-9(14-10)6-11(16)15-13/h1-5H,6,13H2,(H,15,16). The lowest BCUT2D eigenvalue weighted by Gasteiger charge is -2.03. The molecule has 0 saturated carbocycles. The van der Waals surface area contributed by atoms with Gasteiger partial charge in [-0.25, -0.2) is 5.84 Å². The van der Waals surface area contributed by atoms with Crippen LogP contribution in [-0.4, -0.2) is 18.7 Å². The molecule has 0 saturated heterocycles. The number of nitrogens with two attached hydrogens (primary N) is 1. The molecule has 2 radical (unpaired) electrons. The highest BCUT2D eigenvalue weighted by molar-refractivity contribution is 6.33. The lowest BCUT2D eigenvalue weighted by Crippen LogP contribution is -2.31. The molecule has 0 atom stereocenters. The van der Waals surface area contributed by atoms with Gasteiger partial charge in [0.15, 0.2) is 0 Å². The number of carbonyl (C=O) groups is 1. The molecular weight excluding hydrogens is 201 g/mol. The molecule has 0 aliphatic rings. The number of hydrazine groups is 1. The van der Waals surface area contributed by atoms with E-state index in [2.05, 4.69) is 10.4 Å². The van der Waals surface area contributed by atoms with Gasteiger partial charge < -0.3 is 0 Å². The molecule has 0 unspecified atom stereocenters. The molecular formula is C11H10BN3O. The van der Waals surface area contributed by atoms with E-state index < -0.39 is 0 Å². The van der Waals surface area contributed by atoms with Gasteiger partial charge >= 0.3 is 0 Å². The van der Waals surface area contributed by atoms with Gasteiger partial charge in [0.1, 0.15) is 7.85 Å². The second-order valence-electron chi connectivity index (χ2n) is 3.50. The van der Waals surface area contributed by atoms with Gasteiger partial charge in [-0.3, -0.25) is 15.2 Å². The lowest BCUT2D eigenvalue weighted by molar-refractivity contribution is -0.120. The number of nitrogens with zero attached hydrogens (tertiary/aromatic N) is 1. The number of nitrogens with one attached hydrogen (secondary N) is 1. The fourth-order valence-electron chi connectivity index (χ4n) is 1.50. The van der Waals surface area contributed by atoms with Gasteiger partial charge in [-0.05, 0) is 17.5 Å². The minimum absolute atomic E-state index is 0.177. The Kier molecular flexibility index (Phi) is 2.87. The van der Waals surface area contributed by atoms with E-state index >= 15 is 0 Å². The molecule has 1 amide bonds. The second kappa shape index (κ2) is 4.32. The fraction of sp³-hybridized carbons (Fsp3) is 0.0909. The summed E-state index contributed by atoms with van der Waals surface area (Å²) in [6.07, 6.45) is 0.177. The van der Waals surface area contributed by atoms with Crippen molar-refractivity contribution in [2.75, 3.05) is 0 Å². The molecule has 0 bridgehead atoms. The maximum atomic E-state index is 11.1. The molecule has 5 heteroatoms. The van der Waals surface area contributed by atoms with Gasteiger partial charge in [-0.15, -0.1) is 0 Å². The van der Waals surface area contributed by atoms with Gasteiger partial charge in [-0.2, -0.15) is 0 Å². The largest absolute Gasteiger partial charge is 0.294 e. The molecule has 1 aromatic carbocycles. The molecule has 16 heavy (non-hydrogen) atoms. The van der Waals surface area contributed by atoms with E-state index in [9.17, 15) is 4.79 Å². The quantitative estimate of drug-likeness (QED) is 0.306. The highest BCUT2D eigenvalue weighted by atomic mass is 16.2. The Labute approximate surface area is 94.2 Å². The SMILES string of the molecule is [B]c1ccc2nc(CC(=O)NN)ccc2c1. The molecule has 2 rings (SSSR count). The third-order valence-electron chi connectivity index (χ3n) is 2.27. The number of amides is 1. The number of pyridine rings is 1. The van der Waals surface area contributed by atoms with Gasteiger partial charge in [0, 0.05) is 0 Å². The van der Waals surface area contributed by atoms with Gasteiger partial charge in [-0.1, -0.05) is 23.7 Å². The Bertz CT molecular complexity index is 542. The molecule has 3 N–H and O–H groups in total. The van der Waals surface area contributed by atoms with Crippen molar-refractivity contribution in [2.45, 2.75) is 6.42 Å². The van der Waals surface area contributed by atoms with E-state index in [-0.39, 0.29) is 12.3 Å². The first kappa shape index (κ1) is 10.6. The summed E-state index contributed by atoms with van der Waals surface area (Å²) in [5, 5.41) is 0.955. The summed E-state index contributed by atoms with van der Waals surface area (Å²) in [7, 11) is 5.66. The maximum Gasteiger partial charge on any atom is 0.239 e. The number of fused-ring (bicyclic) bond motifs is 1.